The molecule has 1 aliphatic rings. The summed E-state index contributed by atoms with van der Waals surface area (Å²) in [5, 5.41) is 5.14. The molecule has 25 heavy (non-hydrogen) atoms. The lowest BCUT2D eigenvalue weighted by Crippen LogP contribution is -2.35. The second-order valence-electron chi connectivity index (χ2n) is 5.36. The number of anilines is 1. The Morgan fingerprint density at radius 2 is 2.12 bits per heavy atom. The maximum absolute atomic E-state index is 12.6. The van der Waals surface area contributed by atoms with Crippen LogP contribution in [0.4, 0.5) is 5.69 Å². The van der Waals surface area contributed by atoms with Crippen LogP contribution in [0.2, 0.25) is 0 Å². The van der Waals surface area contributed by atoms with E-state index in [1.165, 1.54) is 4.90 Å². The zero-order chi connectivity index (χ0) is 18.1. The van der Waals surface area contributed by atoms with Gasteiger partial charge in [0, 0.05) is 12.6 Å². The van der Waals surface area contributed by atoms with Gasteiger partial charge < -0.3 is 9.64 Å². The first-order valence-electron chi connectivity index (χ1n) is 7.30. The predicted molar refractivity (Wildman–Crippen MR) is 90.5 cm³/mol. The average Bonchev–Trinajstić information content (AvgIpc) is 2.59. The topological polar surface area (TPSA) is 125 Å². The van der Waals surface area contributed by atoms with Crippen LogP contribution in [0.15, 0.2) is 32.8 Å². The van der Waals surface area contributed by atoms with E-state index in [4.69, 9.17) is 4.74 Å². The van der Waals surface area contributed by atoms with E-state index in [1.54, 1.807) is 32.2 Å². The lowest BCUT2D eigenvalue weighted by molar-refractivity contribution is -0.120. The summed E-state index contributed by atoms with van der Waals surface area (Å²) in [6.45, 7) is 1.59. The number of hydrogen-bond acceptors (Lipinski definition) is 7. The molecular weight excluding hydrogens is 348 g/mol. The molecule has 1 unspecified atom stereocenters. The van der Waals surface area contributed by atoms with Crippen LogP contribution < -0.4 is 20.9 Å². The lowest BCUT2D eigenvalue weighted by Gasteiger charge is -2.26. The van der Waals surface area contributed by atoms with Crippen LogP contribution >= 0.6 is 11.8 Å². The van der Waals surface area contributed by atoms with Crippen LogP contribution in [0.25, 0.3) is 0 Å². The van der Waals surface area contributed by atoms with Gasteiger partial charge in [-0.3, -0.25) is 19.4 Å². The quantitative estimate of drug-likeness (QED) is 0.587. The number of carbonyl (C=O) groups is 2. The molecule has 0 aliphatic carbocycles. The third-order valence-corrected chi connectivity index (χ3v) is 4.74. The Morgan fingerprint density at radius 3 is 2.84 bits per heavy atom. The number of nitrogens with zero attached hydrogens (tertiary/aromatic N) is 2. The molecule has 0 fully saturated rings. The Balaban J connectivity index is 1.84. The number of fused-ring (bicyclic) bond motifs is 1. The fraction of sp³-hybridized carbons (Fsp3) is 0.267. The summed E-state index contributed by atoms with van der Waals surface area (Å²) in [6, 6.07) is 4.82. The molecule has 1 aromatic heterocycles. The number of benzene rings is 1. The molecule has 0 saturated heterocycles. The summed E-state index contributed by atoms with van der Waals surface area (Å²) in [7, 11) is 1.61. The Kier molecular flexibility index (Phi) is 4.45. The van der Waals surface area contributed by atoms with Gasteiger partial charge in [-0.05, 0) is 25.1 Å². The zero-order valence-corrected chi connectivity index (χ0v) is 14.2. The monoisotopic (exact) mass is 362 g/mol. The van der Waals surface area contributed by atoms with E-state index in [0.29, 0.717) is 17.0 Å². The third kappa shape index (κ3) is 3.33. The number of aromatic amines is 2. The van der Waals surface area contributed by atoms with Crippen molar-refractivity contribution in [3.05, 3.63) is 44.6 Å². The van der Waals surface area contributed by atoms with E-state index >= 15 is 0 Å². The normalized spacial score (nSPS) is 14.6. The van der Waals surface area contributed by atoms with Crippen molar-refractivity contribution in [3.63, 3.8) is 0 Å². The SMILES string of the molecule is CC(Sc1n[nH]c(=O)[nH]c1=O)C(=O)c1ccc2c(c1)N(C)C(=O)CO2. The van der Waals surface area contributed by atoms with E-state index in [9.17, 15) is 19.2 Å². The molecular formula is C15H14N4O5S. The van der Waals surface area contributed by atoms with Crippen LogP contribution in [0.3, 0.4) is 0 Å². The first-order chi connectivity index (χ1) is 11.9. The molecule has 2 N–H and O–H groups in total. The minimum Gasteiger partial charge on any atom is -0.482 e. The molecule has 0 radical (unpaired) electrons. The minimum atomic E-state index is -0.712. The van der Waals surface area contributed by atoms with Crippen LogP contribution in [-0.2, 0) is 4.79 Å². The van der Waals surface area contributed by atoms with Crippen molar-refractivity contribution >= 4 is 29.1 Å². The number of amides is 1. The van der Waals surface area contributed by atoms with Gasteiger partial charge in [-0.15, -0.1) is 0 Å². The third-order valence-electron chi connectivity index (χ3n) is 3.67. The van der Waals surface area contributed by atoms with Crippen molar-refractivity contribution in [3.8, 4) is 5.75 Å². The highest BCUT2D eigenvalue weighted by Gasteiger charge is 2.25. The van der Waals surface area contributed by atoms with Gasteiger partial charge in [-0.1, -0.05) is 11.8 Å². The standard InChI is InChI=1S/C15H14N4O5S/c1-7(25-14-13(22)16-15(23)18-17-14)12(21)8-3-4-10-9(5-8)19(2)11(20)6-24-10/h3-5,7H,6H2,1-2H3,(H2,16,18,22,23). The summed E-state index contributed by atoms with van der Waals surface area (Å²) >= 11 is 0.934. The molecule has 1 aliphatic heterocycles. The Bertz CT molecular complexity index is 967. The summed E-state index contributed by atoms with van der Waals surface area (Å²) in [5.41, 5.74) is -0.475. The van der Waals surface area contributed by atoms with E-state index in [1.807, 2.05) is 0 Å². The molecule has 2 heterocycles. The fourth-order valence-corrected chi connectivity index (χ4v) is 3.13. The van der Waals surface area contributed by atoms with E-state index in [2.05, 4.69) is 15.2 Å². The number of ketones is 1. The molecule has 2 aromatic rings. The second-order valence-corrected chi connectivity index (χ2v) is 6.69. The van der Waals surface area contributed by atoms with Crippen molar-refractivity contribution in [2.45, 2.75) is 17.2 Å². The molecule has 0 saturated carbocycles. The molecule has 0 bridgehead atoms. The van der Waals surface area contributed by atoms with Crippen molar-refractivity contribution in [1.29, 1.82) is 0 Å². The average molecular weight is 362 g/mol. The first-order valence-corrected chi connectivity index (χ1v) is 8.18. The molecule has 130 valence electrons. The number of thioether (sulfide) groups is 1. The fourth-order valence-electron chi connectivity index (χ4n) is 2.30. The lowest BCUT2D eigenvalue weighted by atomic mass is 10.1. The highest BCUT2D eigenvalue weighted by molar-refractivity contribution is 8.00. The van der Waals surface area contributed by atoms with Crippen LogP contribution in [0, 0.1) is 0 Å². The van der Waals surface area contributed by atoms with Crippen molar-refractivity contribution in [1.82, 2.24) is 15.2 Å². The summed E-state index contributed by atoms with van der Waals surface area (Å²) in [5.74, 6) is 0.0767. The summed E-state index contributed by atoms with van der Waals surface area (Å²) < 4.78 is 5.33. The summed E-state index contributed by atoms with van der Waals surface area (Å²) in [6.07, 6.45) is 0. The zero-order valence-electron chi connectivity index (χ0n) is 13.4. The highest BCUT2D eigenvalue weighted by atomic mass is 32.2. The van der Waals surface area contributed by atoms with Gasteiger partial charge in [-0.25, -0.2) is 9.89 Å². The largest absolute Gasteiger partial charge is 0.482 e. The first kappa shape index (κ1) is 17.0. The number of ether oxygens (including phenoxy) is 1. The molecule has 10 heteroatoms. The maximum Gasteiger partial charge on any atom is 0.342 e. The van der Waals surface area contributed by atoms with Gasteiger partial charge in [0.25, 0.3) is 11.5 Å². The minimum absolute atomic E-state index is 0.00552. The Morgan fingerprint density at radius 1 is 1.36 bits per heavy atom. The maximum atomic E-state index is 12.6. The molecule has 0 spiro atoms. The van der Waals surface area contributed by atoms with E-state index < -0.39 is 16.5 Å². The van der Waals surface area contributed by atoms with Crippen molar-refractivity contribution < 1.29 is 14.3 Å². The van der Waals surface area contributed by atoms with Crippen LogP contribution in [-0.4, -0.2) is 45.8 Å². The van der Waals surface area contributed by atoms with Gasteiger partial charge in [0.15, 0.2) is 17.4 Å². The van der Waals surface area contributed by atoms with Crippen molar-refractivity contribution in [2.24, 2.45) is 0 Å². The van der Waals surface area contributed by atoms with Gasteiger partial charge in [0.2, 0.25) is 0 Å². The molecule has 9 nitrogen and oxygen atoms in total. The number of hydrogen-bond donors (Lipinski definition) is 2. The number of aromatic nitrogens is 3. The number of Topliss-reactive ketones (excluding diaryl/α,β-unsaturated/α-hetero) is 1. The summed E-state index contributed by atoms with van der Waals surface area (Å²) in [4.78, 5) is 50.5. The van der Waals surface area contributed by atoms with E-state index in [0.717, 1.165) is 11.8 Å². The van der Waals surface area contributed by atoms with Gasteiger partial charge in [0.1, 0.15) is 5.75 Å². The molecule has 1 atom stereocenters. The van der Waals surface area contributed by atoms with Gasteiger partial charge >= 0.3 is 5.69 Å². The molecule has 1 amide bonds. The molecule has 1 aromatic carbocycles. The predicted octanol–water partition coefficient (Wildman–Crippen LogP) is 0.177. The number of nitrogens with one attached hydrogen (secondary N) is 2. The smallest absolute Gasteiger partial charge is 0.342 e. The number of carbonyl (C=O) groups excluding carboxylic acids is 2. The Labute approximate surface area is 145 Å². The van der Waals surface area contributed by atoms with Crippen LogP contribution in [0.5, 0.6) is 5.75 Å². The second kappa shape index (κ2) is 6.55. The van der Waals surface area contributed by atoms with Crippen molar-refractivity contribution in [2.75, 3.05) is 18.6 Å². The number of rotatable bonds is 4. The van der Waals surface area contributed by atoms with Crippen LogP contribution in [0.1, 0.15) is 17.3 Å². The number of likely N-dealkylation sites (N-methyl/N-ethyl adjacent to an activating group) is 1. The van der Waals surface area contributed by atoms with E-state index in [-0.39, 0.29) is 23.3 Å². The number of H-pyrrole nitrogens is 2. The van der Waals surface area contributed by atoms with Gasteiger partial charge in [0.05, 0.1) is 10.9 Å². The van der Waals surface area contributed by atoms with Gasteiger partial charge in [-0.2, -0.15) is 5.10 Å². The highest BCUT2D eigenvalue weighted by Crippen LogP contribution is 2.33. The Hall–Kier alpha value is -2.88. The molecule has 3 rings (SSSR count).